The Morgan fingerprint density at radius 3 is 2.82 bits per heavy atom. The van der Waals surface area contributed by atoms with Crippen LogP contribution in [0.3, 0.4) is 0 Å². The fourth-order valence-electron chi connectivity index (χ4n) is 1.92. The largest absolute Gasteiger partial charge is 0.508 e. The van der Waals surface area contributed by atoms with Gasteiger partial charge >= 0.3 is 0 Å². The van der Waals surface area contributed by atoms with E-state index in [2.05, 4.69) is 4.98 Å². The van der Waals surface area contributed by atoms with Gasteiger partial charge in [-0.1, -0.05) is 18.2 Å². The molecule has 0 saturated carbocycles. The van der Waals surface area contributed by atoms with E-state index in [1.54, 1.807) is 18.3 Å². The van der Waals surface area contributed by atoms with Gasteiger partial charge < -0.3 is 10.8 Å². The Bertz CT molecular complexity index is 511. The van der Waals surface area contributed by atoms with Gasteiger partial charge in [-0.25, -0.2) is 0 Å². The summed E-state index contributed by atoms with van der Waals surface area (Å²) in [5.74, 6) is 0.271. The van der Waals surface area contributed by atoms with E-state index >= 15 is 0 Å². The SMILES string of the molecule is Cc1cccnc1C(N)Cc1cccc(O)c1. The fourth-order valence-corrected chi connectivity index (χ4v) is 1.92. The van der Waals surface area contributed by atoms with Crippen molar-refractivity contribution in [2.45, 2.75) is 19.4 Å². The van der Waals surface area contributed by atoms with Gasteiger partial charge in [-0.3, -0.25) is 4.98 Å². The first-order valence-electron chi connectivity index (χ1n) is 5.62. The molecule has 1 unspecified atom stereocenters. The van der Waals surface area contributed by atoms with E-state index < -0.39 is 0 Å². The van der Waals surface area contributed by atoms with Gasteiger partial charge in [-0.2, -0.15) is 0 Å². The van der Waals surface area contributed by atoms with Crippen LogP contribution in [0.25, 0.3) is 0 Å². The second-order valence-corrected chi connectivity index (χ2v) is 4.19. The lowest BCUT2D eigenvalue weighted by molar-refractivity contribution is 0.474. The Morgan fingerprint density at radius 1 is 1.29 bits per heavy atom. The minimum absolute atomic E-state index is 0.141. The molecule has 0 radical (unpaired) electrons. The zero-order valence-corrected chi connectivity index (χ0v) is 9.80. The number of phenolic OH excluding ortho intramolecular Hbond substituents is 1. The number of pyridine rings is 1. The number of phenols is 1. The normalized spacial score (nSPS) is 12.4. The van der Waals surface area contributed by atoms with Crippen LogP contribution in [-0.2, 0) is 6.42 Å². The van der Waals surface area contributed by atoms with E-state index in [9.17, 15) is 5.11 Å². The number of aromatic nitrogens is 1. The number of hydrogen-bond donors (Lipinski definition) is 2. The van der Waals surface area contributed by atoms with Crippen molar-refractivity contribution in [2.75, 3.05) is 0 Å². The Morgan fingerprint density at radius 2 is 2.12 bits per heavy atom. The molecule has 1 aromatic carbocycles. The quantitative estimate of drug-likeness (QED) is 0.847. The van der Waals surface area contributed by atoms with Gasteiger partial charge in [0.1, 0.15) is 5.75 Å². The summed E-state index contributed by atoms with van der Waals surface area (Å²) in [6.07, 6.45) is 2.43. The van der Waals surface area contributed by atoms with Crippen molar-refractivity contribution in [2.24, 2.45) is 5.73 Å². The first-order chi connectivity index (χ1) is 8.16. The highest BCUT2D eigenvalue weighted by atomic mass is 16.3. The van der Waals surface area contributed by atoms with Crippen LogP contribution in [0.15, 0.2) is 42.6 Å². The first kappa shape index (κ1) is 11.6. The summed E-state index contributed by atoms with van der Waals surface area (Å²) in [4.78, 5) is 4.31. The van der Waals surface area contributed by atoms with Gasteiger partial charge in [0.2, 0.25) is 0 Å². The molecule has 0 fully saturated rings. The summed E-state index contributed by atoms with van der Waals surface area (Å²) in [5.41, 5.74) is 9.16. The smallest absolute Gasteiger partial charge is 0.115 e. The zero-order valence-electron chi connectivity index (χ0n) is 9.80. The van der Waals surface area contributed by atoms with E-state index in [0.717, 1.165) is 16.8 Å². The fraction of sp³-hybridized carbons (Fsp3) is 0.214. The number of aromatic hydroxyl groups is 1. The van der Waals surface area contributed by atoms with E-state index in [1.807, 2.05) is 31.2 Å². The maximum Gasteiger partial charge on any atom is 0.115 e. The Balaban J connectivity index is 2.17. The Labute approximate surface area is 101 Å². The summed E-state index contributed by atoms with van der Waals surface area (Å²) in [7, 11) is 0. The van der Waals surface area contributed by atoms with E-state index in [0.29, 0.717) is 6.42 Å². The molecule has 2 aromatic rings. The molecule has 3 N–H and O–H groups in total. The van der Waals surface area contributed by atoms with Gasteiger partial charge in [-0.15, -0.1) is 0 Å². The number of nitrogens with two attached hydrogens (primary N) is 1. The molecule has 0 aliphatic rings. The molecule has 2 rings (SSSR count). The lowest BCUT2D eigenvalue weighted by atomic mass is 10.0. The molecular formula is C14H16N2O. The molecule has 3 heteroatoms. The van der Waals surface area contributed by atoms with Crippen LogP contribution in [0.4, 0.5) is 0 Å². The number of rotatable bonds is 3. The van der Waals surface area contributed by atoms with Gasteiger partial charge in [0.25, 0.3) is 0 Å². The van der Waals surface area contributed by atoms with Crippen molar-refractivity contribution in [3.05, 3.63) is 59.4 Å². The van der Waals surface area contributed by atoms with Crippen LogP contribution in [0.1, 0.15) is 22.9 Å². The Kier molecular flexibility index (Phi) is 3.40. The van der Waals surface area contributed by atoms with Crippen molar-refractivity contribution in [1.82, 2.24) is 4.98 Å². The summed E-state index contributed by atoms with van der Waals surface area (Å²) in [6, 6.07) is 10.9. The third kappa shape index (κ3) is 2.82. The molecule has 1 aromatic heterocycles. The van der Waals surface area contributed by atoms with Gasteiger partial charge in [-0.05, 0) is 42.7 Å². The van der Waals surface area contributed by atoms with Crippen LogP contribution in [0.5, 0.6) is 5.75 Å². The third-order valence-corrected chi connectivity index (χ3v) is 2.77. The van der Waals surface area contributed by atoms with Crippen molar-refractivity contribution >= 4 is 0 Å². The average molecular weight is 228 g/mol. The van der Waals surface area contributed by atoms with E-state index in [4.69, 9.17) is 5.73 Å². The second-order valence-electron chi connectivity index (χ2n) is 4.19. The van der Waals surface area contributed by atoms with Crippen molar-refractivity contribution in [3.63, 3.8) is 0 Å². The molecule has 0 bridgehead atoms. The van der Waals surface area contributed by atoms with Crippen molar-refractivity contribution in [1.29, 1.82) is 0 Å². The van der Waals surface area contributed by atoms with E-state index in [1.165, 1.54) is 0 Å². The Hall–Kier alpha value is -1.87. The summed E-state index contributed by atoms with van der Waals surface area (Å²) < 4.78 is 0. The topological polar surface area (TPSA) is 59.1 Å². The molecule has 0 saturated heterocycles. The number of nitrogens with zero attached hydrogens (tertiary/aromatic N) is 1. The van der Waals surface area contributed by atoms with Gasteiger partial charge in [0.05, 0.1) is 11.7 Å². The maximum atomic E-state index is 9.39. The number of benzene rings is 1. The number of aryl methyl sites for hydroxylation is 1. The highest BCUT2D eigenvalue weighted by molar-refractivity contribution is 5.29. The lowest BCUT2D eigenvalue weighted by Gasteiger charge is -2.13. The highest BCUT2D eigenvalue weighted by Gasteiger charge is 2.10. The molecular weight excluding hydrogens is 212 g/mol. The van der Waals surface area contributed by atoms with Crippen LogP contribution in [0.2, 0.25) is 0 Å². The molecule has 0 aliphatic carbocycles. The molecule has 0 aliphatic heterocycles. The van der Waals surface area contributed by atoms with Crippen LogP contribution in [-0.4, -0.2) is 10.1 Å². The van der Waals surface area contributed by atoms with Crippen molar-refractivity contribution < 1.29 is 5.11 Å². The lowest BCUT2D eigenvalue weighted by Crippen LogP contribution is -2.16. The van der Waals surface area contributed by atoms with E-state index in [-0.39, 0.29) is 11.8 Å². The molecule has 3 nitrogen and oxygen atoms in total. The molecule has 0 spiro atoms. The van der Waals surface area contributed by atoms with Crippen LogP contribution in [0, 0.1) is 6.92 Å². The standard InChI is InChI=1S/C14H16N2O/c1-10-4-3-7-16-14(10)13(15)9-11-5-2-6-12(17)8-11/h2-8,13,17H,9,15H2,1H3. The average Bonchev–Trinajstić information content (AvgIpc) is 2.29. The predicted molar refractivity (Wildman–Crippen MR) is 67.7 cm³/mol. The molecule has 0 amide bonds. The summed E-state index contributed by atoms with van der Waals surface area (Å²) >= 11 is 0. The zero-order chi connectivity index (χ0) is 12.3. The summed E-state index contributed by atoms with van der Waals surface area (Å²) in [6.45, 7) is 2.00. The monoisotopic (exact) mass is 228 g/mol. The van der Waals surface area contributed by atoms with Gasteiger partial charge in [0.15, 0.2) is 0 Å². The second kappa shape index (κ2) is 4.97. The molecule has 17 heavy (non-hydrogen) atoms. The minimum Gasteiger partial charge on any atom is -0.508 e. The first-order valence-corrected chi connectivity index (χ1v) is 5.62. The van der Waals surface area contributed by atoms with Crippen LogP contribution < -0.4 is 5.73 Å². The predicted octanol–water partition coefficient (Wildman–Crippen LogP) is 2.34. The summed E-state index contributed by atoms with van der Waals surface area (Å²) in [5, 5.41) is 9.39. The van der Waals surface area contributed by atoms with Crippen LogP contribution >= 0.6 is 0 Å². The third-order valence-electron chi connectivity index (χ3n) is 2.77. The van der Waals surface area contributed by atoms with Crippen molar-refractivity contribution in [3.8, 4) is 5.75 Å². The van der Waals surface area contributed by atoms with Gasteiger partial charge in [0, 0.05) is 6.20 Å². The highest BCUT2D eigenvalue weighted by Crippen LogP contribution is 2.19. The molecule has 1 atom stereocenters. The molecule has 88 valence electrons. The maximum absolute atomic E-state index is 9.39. The number of hydrogen-bond acceptors (Lipinski definition) is 3. The molecule has 1 heterocycles. The minimum atomic E-state index is -0.141.